The summed E-state index contributed by atoms with van der Waals surface area (Å²) in [6.07, 6.45) is 5.07. The average molecular weight is 476 g/mol. The molecule has 0 saturated carbocycles. The monoisotopic (exact) mass is 475 g/mol. The van der Waals surface area contributed by atoms with E-state index in [-0.39, 0.29) is 42.2 Å². The molecule has 2 aromatic carbocycles. The third-order valence-electron chi connectivity index (χ3n) is 5.18. The second kappa shape index (κ2) is 14.5. The highest BCUT2D eigenvalue weighted by Crippen LogP contribution is 2.25. The molecule has 0 aliphatic carbocycles. The summed E-state index contributed by atoms with van der Waals surface area (Å²) >= 11 is 0. The van der Waals surface area contributed by atoms with Crippen LogP contribution in [0.4, 0.5) is 4.79 Å². The maximum Gasteiger partial charge on any atom is 0.407 e. The third-order valence-corrected chi connectivity index (χ3v) is 5.18. The van der Waals surface area contributed by atoms with E-state index in [0.717, 1.165) is 43.2 Å². The Bertz CT molecular complexity index is 856. The number of rotatable bonds is 14. The van der Waals surface area contributed by atoms with Crippen LogP contribution in [0.3, 0.4) is 0 Å². The van der Waals surface area contributed by atoms with Gasteiger partial charge in [0.15, 0.2) is 23.0 Å². The molecule has 0 atom stereocenters. The summed E-state index contributed by atoms with van der Waals surface area (Å²) in [6.45, 7) is 0.902. The smallest absolute Gasteiger partial charge is 0.407 e. The van der Waals surface area contributed by atoms with Crippen molar-refractivity contribution in [2.45, 2.75) is 51.4 Å². The number of hydrogen-bond acceptors (Lipinski definition) is 8. The van der Waals surface area contributed by atoms with E-state index in [1.807, 2.05) is 0 Å². The van der Waals surface area contributed by atoms with Gasteiger partial charge in [0.2, 0.25) is 0 Å². The molecule has 1 amide bonds. The predicted octanol–water partition coefficient (Wildman–Crippen LogP) is 3.90. The second-order valence-corrected chi connectivity index (χ2v) is 7.95. The maximum absolute atomic E-state index is 11.8. The van der Waals surface area contributed by atoms with Gasteiger partial charge in [-0.2, -0.15) is 0 Å². The number of amides is 1. The van der Waals surface area contributed by atoms with Crippen LogP contribution < -0.4 is 5.32 Å². The molecule has 186 valence electrons. The van der Waals surface area contributed by atoms with Gasteiger partial charge in [-0.25, -0.2) is 4.79 Å². The minimum atomic E-state index is -0.492. The van der Waals surface area contributed by atoms with E-state index in [1.165, 1.54) is 24.3 Å². The fourth-order valence-corrected chi connectivity index (χ4v) is 3.23. The molecule has 0 fully saturated rings. The third kappa shape index (κ3) is 10.3. The predicted molar refractivity (Wildman–Crippen MR) is 125 cm³/mol. The number of carbonyl (C=O) groups is 2. The minimum Gasteiger partial charge on any atom is -0.504 e. The zero-order valence-corrected chi connectivity index (χ0v) is 19.2. The van der Waals surface area contributed by atoms with Gasteiger partial charge in [0.05, 0.1) is 13.2 Å². The first-order valence-corrected chi connectivity index (χ1v) is 11.4. The number of esters is 1. The number of ether oxygens (including phenoxy) is 2. The number of alkyl carbamates (subject to hydrolysis) is 1. The highest BCUT2D eigenvalue weighted by Gasteiger charge is 2.06. The Balaban J connectivity index is 1.41. The molecule has 0 aromatic heterocycles. The number of phenolic OH excluding ortho intramolecular Hbond substituents is 4. The lowest BCUT2D eigenvalue weighted by Crippen LogP contribution is -2.26. The molecule has 5 N–H and O–H groups in total. The first kappa shape index (κ1) is 26.6. The molecule has 0 saturated heterocycles. The SMILES string of the molecule is O=C(CCCCCCCNC(=O)OCCc1ccc(O)c(O)c1)OCCc1ccc(O)c(O)c1. The Morgan fingerprint density at radius 3 is 1.79 bits per heavy atom. The molecular weight excluding hydrogens is 442 g/mol. The van der Waals surface area contributed by atoms with Gasteiger partial charge in [0.1, 0.15) is 0 Å². The summed E-state index contributed by atoms with van der Waals surface area (Å²) in [4.78, 5) is 23.5. The maximum atomic E-state index is 11.8. The summed E-state index contributed by atoms with van der Waals surface area (Å²) in [5, 5.41) is 40.1. The van der Waals surface area contributed by atoms with Crippen molar-refractivity contribution in [3.63, 3.8) is 0 Å². The van der Waals surface area contributed by atoms with Crippen molar-refractivity contribution >= 4 is 12.1 Å². The zero-order chi connectivity index (χ0) is 24.8. The fourth-order valence-electron chi connectivity index (χ4n) is 3.23. The van der Waals surface area contributed by atoms with Gasteiger partial charge in [-0.15, -0.1) is 0 Å². The van der Waals surface area contributed by atoms with Gasteiger partial charge in [-0.05, 0) is 48.2 Å². The summed E-state index contributed by atoms with van der Waals surface area (Å²) < 4.78 is 10.3. The van der Waals surface area contributed by atoms with E-state index >= 15 is 0 Å². The Morgan fingerprint density at radius 1 is 0.676 bits per heavy atom. The van der Waals surface area contributed by atoms with Gasteiger partial charge in [-0.3, -0.25) is 4.79 Å². The molecule has 2 rings (SSSR count). The fraction of sp³-hybridized carbons (Fsp3) is 0.440. The van der Waals surface area contributed by atoms with Crippen molar-refractivity contribution in [3.8, 4) is 23.0 Å². The van der Waals surface area contributed by atoms with Crippen LogP contribution in [0.2, 0.25) is 0 Å². The van der Waals surface area contributed by atoms with Crippen LogP contribution in [0, 0.1) is 0 Å². The zero-order valence-electron chi connectivity index (χ0n) is 19.2. The van der Waals surface area contributed by atoms with Crippen LogP contribution in [-0.4, -0.2) is 52.2 Å². The molecule has 0 radical (unpaired) electrons. The molecule has 34 heavy (non-hydrogen) atoms. The van der Waals surface area contributed by atoms with E-state index in [2.05, 4.69) is 5.32 Å². The Kier molecular flexibility index (Phi) is 11.4. The van der Waals surface area contributed by atoms with Crippen LogP contribution in [0.25, 0.3) is 0 Å². The Labute approximate surface area is 199 Å². The molecule has 0 spiro atoms. The van der Waals surface area contributed by atoms with E-state index in [4.69, 9.17) is 9.47 Å². The molecule has 0 unspecified atom stereocenters. The van der Waals surface area contributed by atoms with Crippen LogP contribution >= 0.6 is 0 Å². The van der Waals surface area contributed by atoms with Crippen LogP contribution in [0.1, 0.15) is 49.7 Å². The number of aromatic hydroxyl groups is 4. The largest absolute Gasteiger partial charge is 0.504 e. The molecule has 0 aliphatic rings. The quantitative estimate of drug-likeness (QED) is 0.157. The molecule has 9 heteroatoms. The van der Waals surface area contributed by atoms with Gasteiger partial charge >= 0.3 is 12.1 Å². The van der Waals surface area contributed by atoms with Gasteiger partial charge in [-0.1, -0.05) is 31.4 Å². The van der Waals surface area contributed by atoms with Gasteiger partial charge < -0.3 is 35.2 Å². The van der Waals surface area contributed by atoms with Crippen molar-refractivity contribution in [3.05, 3.63) is 47.5 Å². The molecule has 2 aromatic rings. The van der Waals surface area contributed by atoms with Crippen molar-refractivity contribution in [1.82, 2.24) is 5.32 Å². The standard InChI is InChI=1S/C25H33NO8/c27-20-9-7-18(16-22(20)29)11-14-33-24(31)6-4-2-1-3-5-13-26-25(32)34-15-12-19-8-10-21(28)23(30)17-19/h7-10,16-17,27-30H,1-6,11-15H2,(H,26,32). The number of nitrogens with one attached hydrogen (secondary N) is 1. The van der Waals surface area contributed by atoms with Gasteiger partial charge in [0, 0.05) is 25.8 Å². The number of unbranched alkanes of at least 4 members (excludes halogenated alkanes) is 4. The van der Waals surface area contributed by atoms with Crippen molar-refractivity contribution in [2.24, 2.45) is 0 Å². The highest BCUT2D eigenvalue weighted by molar-refractivity contribution is 5.69. The van der Waals surface area contributed by atoms with Crippen LogP contribution in [-0.2, 0) is 27.1 Å². The molecule has 9 nitrogen and oxygen atoms in total. The number of carbonyl (C=O) groups excluding carboxylic acids is 2. The normalized spacial score (nSPS) is 10.6. The second-order valence-electron chi connectivity index (χ2n) is 7.95. The first-order chi connectivity index (χ1) is 16.3. The molecular formula is C25H33NO8. The van der Waals surface area contributed by atoms with Crippen molar-refractivity contribution < 1.29 is 39.5 Å². The van der Waals surface area contributed by atoms with E-state index in [9.17, 15) is 30.0 Å². The van der Waals surface area contributed by atoms with E-state index in [1.54, 1.807) is 12.1 Å². The number of benzene rings is 2. The molecule has 0 bridgehead atoms. The minimum absolute atomic E-state index is 0.170. The van der Waals surface area contributed by atoms with E-state index in [0.29, 0.717) is 25.8 Å². The number of phenols is 4. The van der Waals surface area contributed by atoms with Crippen molar-refractivity contribution in [1.29, 1.82) is 0 Å². The Morgan fingerprint density at radius 2 is 1.21 bits per heavy atom. The first-order valence-electron chi connectivity index (χ1n) is 11.4. The highest BCUT2D eigenvalue weighted by atomic mass is 16.5. The van der Waals surface area contributed by atoms with Crippen LogP contribution in [0.15, 0.2) is 36.4 Å². The summed E-state index contributed by atoms with van der Waals surface area (Å²) in [5.74, 6) is -1.02. The average Bonchev–Trinajstić information content (AvgIpc) is 2.80. The van der Waals surface area contributed by atoms with Crippen LogP contribution in [0.5, 0.6) is 23.0 Å². The van der Waals surface area contributed by atoms with E-state index < -0.39 is 6.09 Å². The topological polar surface area (TPSA) is 146 Å². The lowest BCUT2D eigenvalue weighted by Gasteiger charge is -2.08. The summed E-state index contributed by atoms with van der Waals surface area (Å²) in [7, 11) is 0. The summed E-state index contributed by atoms with van der Waals surface area (Å²) in [6, 6.07) is 8.99. The number of hydrogen-bond donors (Lipinski definition) is 5. The molecule has 0 heterocycles. The lowest BCUT2D eigenvalue weighted by atomic mass is 10.1. The Hall–Kier alpha value is -3.62. The van der Waals surface area contributed by atoms with Crippen molar-refractivity contribution in [2.75, 3.05) is 19.8 Å². The lowest BCUT2D eigenvalue weighted by molar-refractivity contribution is -0.143. The van der Waals surface area contributed by atoms with Gasteiger partial charge in [0.25, 0.3) is 0 Å². The molecule has 0 aliphatic heterocycles. The summed E-state index contributed by atoms with van der Waals surface area (Å²) in [5.41, 5.74) is 1.53.